The van der Waals surface area contributed by atoms with E-state index >= 15 is 0 Å². The van der Waals surface area contributed by atoms with Crippen molar-refractivity contribution in [2.24, 2.45) is 0 Å². The van der Waals surface area contributed by atoms with Crippen LogP contribution in [-0.4, -0.2) is 31.2 Å². The average Bonchev–Trinajstić information content (AvgIpc) is 2.39. The molecule has 1 aliphatic carbocycles. The molecule has 0 atom stereocenters. The fourth-order valence-electron chi connectivity index (χ4n) is 1.25. The Labute approximate surface area is 67.3 Å². The van der Waals surface area contributed by atoms with Gasteiger partial charge in [0.15, 0.2) is 0 Å². The SMILES string of the molecule is CN(C)C(=O)OC1CCCC1. The van der Waals surface area contributed by atoms with Gasteiger partial charge in [0, 0.05) is 14.1 Å². The van der Waals surface area contributed by atoms with Crippen LogP contribution in [0.3, 0.4) is 0 Å². The van der Waals surface area contributed by atoms with Gasteiger partial charge < -0.3 is 9.64 Å². The minimum Gasteiger partial charge on any atom is -0.446 e. The highest BCUT2D eigenvalue weighted by molar-refractivity contribution is 5.66. The van der Waals surface area contributed by atoms with Crippen molar-refractivity contribution in [3.63, 3.8) is 0 Å². The lowest BCUT2D eigenvalue weighted by molar-refractivity contribution is 0.0777. The molecular formula is C8H15NO2. The van der Waals surface area contributed by atoms with Crippen molar-refractivity contribution in [3.05, 3.63) is 0 Å². The standard InChI is InChI=1S/C8H15NO2/c1-9(2)8(10)11-7-5-3-4-6-7/h7H,3-6H2,1-2H3. The van der Waals surface area contributed by atoms with Gasteiger partial charge >= 0.3 is 6.09 Å². The maximum atomic E-state index is 11.0. The molecule has 0 saturated heterocycles. The fraction of sp³-hybridized carbons (Fsp3) is 0.875. The summed E-state index contributed by atoms with van der Waals surface area (Å²) in [6.07, 6.45) is 4.46. The highest BCUT2D eigenvalue weighted by Crippen LogP contribution is 2.21. The lowest BCUT2D eigenvalue weighted by Crippen LogP contribution is -2.26. The van der Waals surface area contributed by atoms with E-state index in [0.29, 0.717) is 0 Å². The monoisotopic (exact) mass is 157 g/mol. The summed E-state index contributed by atoms with van der Waals surface area (Å²) in [5.74, 6) is 0. The zero-order valence-corrected chi connectivity index (χ0v) is 7.17. The zero-order valence-electron chi connectivity index (χ0n) is 7.17. The van der Waals surface area contributed by atoms with Gasteiger partial charge in [0.25, 0.3) is 0 Å². The second-order valence-corrected chi connectivity index (χ2v) is 3.18. The van der Waals surface area contributed by atoms with E-state index in [4.69, 9.17) is 4.74 Å². The number of hydrogen-bond donors (Lipinski definition) is 0. The lowest BCUT2D eigenvalue weighted by atomic mass is 10.3. The Balaban J connectivity index is 2.24. The van der Waals surface area contributed by atoms with Crippen molar-refractivity contribution < 1.29 is 9.53 Å². The Hall–Kier alpha value is -0.730. The molecule has 0 aromatic rings. The Kier molecular flexibility index (Phi) is 2.74. The molecule has 3 nitrogen and oxygen atoms in total. The number of hydrogen-bond acceptors (Lipinski definition) is 2. The van der Waals surface area contributed by atoms with Crippen LogP contribution in [0.15, 0.2) is 0 Å². The lowest BCUT2D eigenvalue weighted by Gasteiger charge is -2.15. The second kappa shape index (κ2) is 3.60. The molecule has 3 heteroatoms. The van der Waals surface area contributed by atoms with E-state index in [-0.39, 0.29) is 12.2 Å². The summed E-state index contributed by atoms with van der Waals surface area (Å²) in [6.45, 7) is 0. The average molecular weight is 157 g/mol. The van der Waals surface area contributed by atoms with Crippen molar-refractivity contribution in [1.82, 2.24) is 4.90 Å². The summed E-state index contributed by atoms with van der Waals surface area (Å²) in [7, 11) is 3.41. The molecule has 64 valence electrons. The topological polar surface area (TPSA) is 29.5 Å². The predicted octanol–water partition coefficient (Wildman–Crippen LogP) is 1.63. The van der Waals surface area contributed by atoms with Gasteiger partial charge in [0.05, 0.1) is 0 Å². The van der Waals surface area contributed by atoms with E-state index in [1.165, 1.54) is 17.7 Å². The summed E-state index contributed by atoms with van der Waals surface area (Å²) >= 11 is 0. The summed E-state index contributed by atoms with van der Waals surface area (Å²) in [5.41, 5.74) is 0. The molecule has 0 aliphatic heterocycles. The highest BCUT2D eigenvalue weighted by atomic mass is 16.6. The Morgan fingerprint density at radius 3 is 2.36 bits per heavy atom. The van der Waals surface area contributed by atoms with Gasteiger partial charge in [-0.25, -0.2) is 4.79 Å². The van der Waals surface area contributed by atoms with Crippen molar-refractivity contribution in [3.8, 4) is 0 Å². The van der Waals surface area contributed by atoms with Crippen LogP contribution in [0.25, 0.3) is 0 Å². The summed E-state index contributed by atoms with van der Waals surface area (Å²) in [5, 5.41) is 0. The third-order valence-electron chi connectivity index (χ3n) is 1.93. The highest BCUT2D eigenvalue weighted by Gasteiger charge is 2.19. The minimum atomic E-state index is -0.211. The van der Waals surface area contributed by atoms with Crippen LogP contribution in [0.2, 0.25) is 0 Å². The van der Waals surface area contributed by atoms with Gasteiger partial charge in [-0.2, -0.15) is 0 Å². The summed E-state index contributed by atoms with van der Waals surface area (Å²) in [6, 6.07) is 0. The number of ether oxygens (including phenoxy) is 1. The first-order valence-electron chi connectivity index (χ1n) is 4.08. The van der Waals surface area contributed by atoms with E-state index in [1.54, 1.807) is 14.1 Å². The van der Waals surface area contributed by atoms with Crippen molar-refractivity contribution in [2.45, 2.75) is 31.8 Å². The summed E-state index contributed by atoms with van der Waals surface area (Å²) < 4.78 is 5.16. The number of carbonyl (C=O) groups is 1. The van der Waals surface area contributed by atoms with Crippen LogP contribution in [0, 0.1) is 0 Å². The van der Waals surface area contributed by atoms with Crippen LogP contribution in [0.4, 0.5) is 4.79 Å². The molecule has 1 saturated carbocycles. The van der Waals surface area contributed by atoms with Crippen molar-refractivity contribution in [1.29, 1.82) is 0 Å². The first kappa shape index (κ1) is 8.37. The molecule has 0 aromatic heterocycles. The van der Waals surface area contributed by atoms with Crippen molar-refractivity contribution in [2.75, 3.05) is 14.1 Å². The molecule has 0 unspecified atom stereocenters. The fourth-order valence-corrected chi connectivity index (χ4v) is 1.25. The van der Waals surface area contributed by atoms with Crippen LogP contribution < -0.4 is 0 Å². The van der Waals surface area contributed by atoms with Crippen LogP contribution >= 0.6 is 0 Å². The van der Waals surface area contributed by atoms with Crippen LogP contribution in [0.5, 0.6) is 0 Å². The van der Waals surface area contributed by atoms with Gasteiger partial charge in [-0.1, -0.05) is 0 Å². The number of nitrogens with zero attached hydrogens (tertiary/aromatic N) is 1. The van der Waals surface area contributed by atoms with Crippen LogP contribution in [-0.2, 0) is 4.74 Å². The van der Waals surface area contributed by atoms with Gasteiger partial charge in [0.2, 0.25) is 0 Å². The Morgan fingerprint density at radius 2 is 1.91 bits per heavy atom. The van der Waals surface area contributed by atoms with E-state index in [9.17, 15) is 4.79 Å². The molecular weight excluding hydrogens is 142 g/mol. The maximum absolute atomic E-state index is 11.0. The Bertz CT molecular complexity index is 139. The molecule has 11 heavy (non-hydrogen) atoms. The smallest absolute Gasteiger partial charge is 0.409 e. The van der Waals surface area contributed by atoms with E-state index < -0.39 is 0 Å². The first-order valence-corrected chi connectivity index (χ1v) is 4.08. The molecule has 0 bridgehead atoms. The second-order valence-electron chi connectivity index (χ2n) is 3.18. The van der Waals surface area contributed by atoms with Crippen LogP contribution in [0.1, 0.15) is 25.7 Å². The molecule has 0 aromatic carbocycles. The van der Waals surface area contributed by atoms with Gasteiger partial charge in [-0.05, 0) is 25.7 Å². The van der Waals surface area contributed by atoms with Gasteiger partial charge in [-0.3, -0.25) is 0 Å². The maximum Gasteiger partial charge on any atom is 0.409 e. The first-order chi connectivity index (χ1) is 5.20. The predicted molar refractivity (Wildman–Crippen MR) is 42.4 cm³/mol. The van der Waals surface area contributed by atoms with E-state index in [1.807, 2.05) is 0 Å². The van der Waals surface area contributed by atoms with Crippen molar-refractivity contribution >= 4 is 6.09 Å². The van der Waals surface area contributed by atoms with Gasteiger partial charge in [-0.15, -0.1) is 0 Å². The largest absolute Gasteiger partial charge is 0.446 e. The molecule has 0 spiro atoms. The quantitative estimate of drug-likeness (QED) is 0.579. The third-order valence-corrected chi connectivity index (χ3v) is 1.93. The van der Waals surface area contributed by atoms with E-state index in [0.717, 1.165) is 12.8 Å². The summed E-state index contributed by atoms with van der Waals surface area (Å²) in [4.78, 5) is 12.5. The molecule has 1 fully saturated rings. The number of amides is 1. The Morgan fingerprint density at radius 1 is 1.36 bits per heavy atom. The molecule has 0 N–H and O–H groups in total. The van der Waals surface area contributed by atoms with Gasteiger partial charge in [0.1, 0.15) is 6.10 Å². The van der Waals surface area contributed by atoms with E-state index in [2.05, 4.69) is 0 Å². The molecule has 0 radical (unpaired) electrons. The molecule has 0 heterocycles. The molecule has 1 aliphatic rings. The molecule has 1 amide bonds. The molecule has 1 rings (SSSR count). The number of carbonyl (C=O) groups excluding carboxylic acids is 1. The third kappa shape index (κ3) is 2.41. The number of rotatable bonds is 1. The zero-order chi connectivity index (χ0) is 8.27. The minimum absolute atomic E-state index is 0.185. The normalized spacial score (nSPS) is 18.4.